The zero-order valence-electron chi connectivity index (χ0n) is 15.6. The van der Waals surface area contributed by atoms with Crippen LogP contribution in [0.3, 0.4) is 0 Å². The number of hydrogen-bond donors (Lipinski definition) is 1. The summed E-state index contributed by atoms with van der Waals surface area (Å²) in [6.45, 7) is 9.04. The van der Waals surface area contributed by atoms with Crippen LogP contribution >= 0.6 is 0 Å². The van der Waals surface area contributed by atoms with Gasteiger partial charge in [0.15, 0.2) is 0 Å². The molecule has 0 bridgehead atoms. The Labute approximate surface area is 147 Å². The lowest BCUT2D eigenvalue weighted by molar-refractivity contribution is -0.0652. The molecule has 4 rings (SSSR count). The quantitative estimate of drug-likeness (QED) is 0.741. The first-order chi connectivity index (χ1) is 11.5. The van der Waals surface area contributed by atoms with E-state index >= 15 is 0 Å². The Morgan fingerprint density at radius 2 is 2.04 bits per heavy atom. The number of fused-ring (bicyclic) bond motifs is 4. The molecule has 2 saturated carbocycles. The summed E-state index contributed by atoms with van der Waals surface area (Å²) in [4.78, 5) is 0. The van der Waals surface area contributed by atoms with Crippen LogP contribution in [0.2, 0.25) is 0 Å². The van der Waals surface area contributed by atoms with E-state index in [4.69, 9.17) is 4.74 Å². The molecule has 0 saturated heterocycles. The van der Waals surface area contributed by atoms with Crippen molar-refractivity contribution in [2.75, 3.05) is 7.11 Å². The van der Waals surface area contributed by atoms with E-state index in [0.29, 0.717) is 23.9 Å². The fourth-order valence-electron chi connectivity index (χ4n) is 7.15. The molecule has 2 heteroatoms. The molecule has 0 aromatic carbocycles. The second-order valence-corrected chi connectivity index (χ2v) is 9.32. The molecule has 0 aliphatic heterocycles. The van der Waals surface area contributed by atoms with Crippen molar-refractivity contribution in [1.82, 2.24) is 0 Å². The number of rotatable bonds is 2. The van der Waals surface area contributed by atoms with Crippen LogP contribution in [0.4, 0.5) is 0 Å². The Morgan fingerprint density at radius 1 is 1.25 bits per heavy atom. The molecule has 0 aromatic heterocycles. The normalized spacial score (nSPS) is 50.9. The van der Waals surface area contributed by atoms with Crippen molar-refractivity contribution in [3.63, 3.8) is 0 Å². The van der Waals surface area contributed by atoms with E-state index in [1.807, 2.05) is 7.11 Å². The van der Waals surface area contributed by atoms with Crippen LogP contribution in [0.15, 0.2) is 23.8 Å². The summed E-state index contributed by atoms with van der Waals surface area (Å²) in [5.74, 6) is 3.37. The van der Waals surface area contributed by atoms with Gasteiger partial charge >= 0.3 is 0 Å². The van der Waals surface area contributed by atoms with E-state index in [-0.39, 0.29) is 11.5 Å². The van der Waals surface area contributed by atoms with Gasteiger partial charge in [0.1, 0.15) is 0 Å². The summed E-state index contributed by atoms with van der Waals surface area (Å²) in [5.41, 5.74) is 3.58. The van der Waals surface area contributed by atoms with Gasteiger partial charge in [-0.05, 0) is 80.0 Å². The summed E-state index contributed by atoms with van der Waals surface area (Å²) in [6.07, 6.45) is 10.7. The lowest BCUT2D eigenvalue weighted by Gasteiger charge is -2.56. The molecule has 4 aliphatic rings. The summed E-state index contributed by atoms with van der Waals surface area (Å²) in [5, 5.41) is 10.7. The van der Waals surface area contributed by atoms with Crippen molar-refractivity contribution in [2.24, 2.45) is 35.0 Å². The molecule has 134 valence electrons. The van der Waals surface area contributed by atoms with Gasteiger partial charge in [-0.15, -0.1) is 6.58 Å². The van der Waals surface area contributed by atoms with Crippen molar-refractivity contribution in [3.05, 3.63) is 23.8 Å². The van der Waals surface area contributed by atoms with E-state index in [1.54, 1.807) is 11.1 Å². The maximum absolute atomic E-state index is 10.7. The van der Waals surface area contributed by atoms with Crippen molar-refractivity contribution in [3.8, 4) is 0 Å². The molecule has 0 aromatic rings. The van der Waals surface area contributed by atoms with Gasteiger partial charge in [-0.1, -0.05) is 31.1 Å². The van der Waals surface area contributed by atoms with Gasteiger partial charge in [0.05, 0.1) is 12.2 Å². The Hall–Kier alpha value is -0.600. The Bertz CT molecular complexity index is 550. The molecule has 0 radical (unpaired) electrons. The fraction of sp³-hybridized carbons (Fsp3) is 0.818. The highest BCUT2D eigenvalue weighted by molar-refractivity contribution is 5.30. The van der Waals surface area contributed by atoms with Gasteiger partial charge < -0.3 is 9.84 Å². The molecule has 24 heavy (non-hydrogen) atoms. The smallest absolute Gasteiger partial charge is 0.0611 e. The SMILES string of the molecule is C=CC1CC2(C)C(O)CCC2C2C(C)CC3=C(CCC(OC)C3)C12. The molecule has 0 amide bonds. The van der Waals surface area contributed by atoms with Crippen LogP contribution in [0.5, 0.6) is 0 Å². The maximum Gasteiger partial charge on any atom is 0.0611 e. The minimum Gasteiger partial charge on any atom is -0.393 e. The first-order valence-electron chi connectivity index (χ1n) is 10.0. The first kappa shape index (κ1) is 16.8. The van der Waals surface area contributed by atoms with Crippen molar-refractivity contribution in [1.29, 1.82) is 0 Å². The van der Waals surface area contributed by atoms with Gasteiger partial charge in [0.25, 0.3) is 0 Å². The van der Waals surface area contributed by atoms with Crippen LogP contribution in [0.1, 0.15) is 58.8 Å². The Morgan fingerprint density at radius 3 is 2.75 bits per heavy atom. The summed E-state index contributed by atoms with van der Waals surface area (Å²) < 4.78 is 5.68. The van der Waals surface area contributed by atoms with E-state index in [1.165, 1.54) is 25.7 Å². The monoisotopic (exact) mass is 330 g/mol. The Kier molecular flexibility index (Phi) is 4.20. The molecular weight excluding hydrogens is 296 g/mol. The van der Waals surface area contributed by atoms with Gasteiger partial charge in [0, 0.05) is 7.11 Å². The molecule has 1 N–H and O–H groups in total. The number of allylic oxidation sites excluding steroid dienone is 2. The standard InChI is InChI=1S/C22H34O2/c1-5-14-12-22(3)18(8-9-19(22)23)20-13(2)10-15-11-16(24-4)6-7-17(15)21(14)20/h5,13-14,16,18-21,23H,1,6-12H2,2-4H3. The molecule has 0 heterocycles. The molecular formula is C22H34O2. The first-order valence-corrected chi connectivity index (χ1v) is 10.0. The molecule has 4 aliphatic carbocycles. The third-order valence-corrected chi connectivity index (χ3v) is 8.30. The lowest BCUT2D eigenvalue weighted by Crippen LogP contribution is -2.51. The largest absolute Gasteiger partial charge is 0.393 e. The minimum absolute atomic E-state index is 0.107. The molecule has 2 nitrogen and oxygen atoms in total. The van der Waals surface area contributed by atoms with Crippen molar-refractivity contribution in [2.45, 2.75) is 71.0 Å². The van der Waals surface area contributed by atoms with Crippen molar-refractivity contribution < 1.29 is 9.84 Å². The predicted molar refractivity (Wildman–Crippen MR) is 97.6 cm³/mol. The number of ether oxygens (including phenoxy) is 1. The zero-order chi connectivity index (χ0) is 17.1. The second-order valence-electron chi connectivity index (χ2n) is 9.32. The highest BCUT2D eigenvalue weighted by Crippen LogP contribution is 2.64. The number of aliphatic hydroxyl groups excluding tert-OH is 1. The van der Waals surface area contributed by atoms with Crippen LogP contribution in [0, 0.1) is 35.0 Å². The van der Waals surface area contributed by atoms with Gasteiger partial charge in [0.2, 0.25) is 0 Å². The third kappa shape index (κ3) is 2.29. The molecule has 8 unspecified atom stereocenters. The summed E-state index contributed by atoms with van der Waals surface area (Å²) in [6, 6.07) is 0. The average Bonchev–Trinajstić information content (AvgIpc) is 2.88. The summed E-state index contributed by atoms with van der Waals surface area (Å²) in [7, 11) is 1.86. The van der Waals surface area contributed by atoms with Crippen LogP contribution in [-0.4, -0.2) is 24.4 Å². The van der Waals surface area contributed by atoms with Crippen LogP contribution < -0.4 is 0 Å². The number of hydrogen-bond acceptors (Lipinski definition) is 2. The molecule has 0 spiro atoms. The van der Waals surface area contributed by atoms with Crippen molar-refractivity contribution >= 4 is 0 Å². The minimum atomic E-state index is -0.113. The fourth-order valence-corrected chi connectivity index (χ4v) is 7.15. The zero-order valence-corrected chi connectivity index (χ0v) is 15.6. The Balaban J connectivity index is 1.74. The topological polar surface area (TPSA) is 29.5 Å². The van der Waals surface area contributed by atoms with Crippen LogP contribution in [0.25, 0.3) is 0 Å². The van der Waals surface area contributed by atoms with Gasteiger partial charge in [-0.25, -0.2) is 0 Å². The number of methoxy groups -OCH3 is 1. The highest BCUT2D eigenvalue weighted by atomic mass is 16.5. The lowest BCUT2D eigenvalue weighted by atomic mass is 9.48. The maximum atomic E-state index is 10.7. The third-order valence-electron chi connectivity index (χ3n) is 8.30. The van der Waals surface area contributed by atoms with Gasteiger partial charge in [-0.3, -0.25) is 0 Å². The number of aliphatic hydroxyl groups is 1. The van der Waals surface area contributed by atoms with Gasteiger partial charge in [-0.2, -0.15) is 0 Å². The summed E-state index contributed by atoms with van der Waals surface area (Å²) >= 11 is 0. The predicted octanol–water partition coefficient (Wildman–Crippen LogP) is 4.74. The average molecular weight is 331 g/mol. The van der Waals surface area contributed by atoms with E-state index in [0.717, 1.165) is 31.1 Å². The molecule has 2 fully saturated rings. The van der Waals surface area contributed by atoms with E-state index < -0.39 is 0 Å². The van der Waals surface area contributed by atoms with Crippen LogP contribution in [-0.2, 0) is 4.74 Å². The van der Waals surface area contributed by atoms with E-state index in [2.05, 4.69) is 26.5 Å². The molecule has 8 atom stereocenters. The van der Waals surface area contributed by atoms with E-state index in [9.17, 15) is 5.11 Å². The highest BCUT2D eigenvalue weighted by Gasteiger charge is 2.58. The second kappa shape index (κ2) is 5.99.